The first-order chi connectivity index (χ1) is 9.04. The monoisotopic (exact) mass is 315 g/mol. The van der Waals surface area contributed by atoms with Gasteiger partial charge >= 0.3 is 5.97 Å². The summed E-state index contributed by atoms with van der Waals surface area (Å²) in [6, 6.07) is 8.30. The summed E-state index contributed by atoms with van der Waals surface area (Å²) in [5.74, 6) is -0.616. The van der Waals surface area contributed by atoms with Gasteiger partial charge in [0.1, 0.15) is 0 Å². The number of halogens is 3. The number of esters is 1. The van der Waals surface area contributed by atoms with E-state index in [2.05, 4.69) is 9.72 Å². The fourth-order valence-corrected chi connectivity index (χ4v) is 2.34. The molecule has 2 aromatic rings. The largest absolute Gasteiger partial charge is 0.464 e. The van der Waals surface area contributed by atoms with Crippen molar-refractivity contribution < 1.29 is 9.53 Å². The lowest BCUT2D eigenvalue weighted by Crippen LogP contribution is -2.06. The van der Waals surface area contributed by atoms with Crippen molar-refractivity contribution in [1.29, 1.82) is 0 Å². The molecule has 0 fully saturated rings. The number of hydrogen-bond donors (Lipinski definition) is 0. The minimum absolute atomic E-state index is 0.0256. The normalized spacial score (nSPS) is 10.3. The third-order valence-corrected chi connectivity index (χ3v) is 3.38. The van der Waals surface area contributed by atoms with E-state index in [9.17, 15) is 4.79 Å². The number of ether oxygens (including phenoxy) is 1. The highest BCUT2D eigenvalue weighted by atomic mass is 35.5. The number of benzene rings is 1. The molecule has 98 valence electrons. The second kappa shape index (κ2) is 5.78. The molecule has 2 rings (SSSR count). The molecule has 0 amide bonds. The summed E-state index contributed by atoms with van der Waals surface area (Å²) in [5, 5.41) is 1.09. The van der Waals surface area contributed by atoms with Crippen LogP contribution in [-0.2, 0) is 4.74 Å². The zero-order chi connectivity index (χ0) is 14.0. The fourth-order valence-electron chi connectivity index (χ4n) is 1.56. The van der Waals surface area contributed by atoms with Gasteiger partial charge in [-0.15, -0.1) is 0 Å². The molecule has 1 aromatic heterocycles. The van der Waals surface area contributed by atoms with Gasteiger partial charge in [0.15, 0.2) is 5.69 Å². The summed E-state index contributed by atoms with van der Waals surface area (Å²) < 4.78 is 4.62. The first-order valence-electron chi connectivity index (χ1n) is 5.24. The van der Waals surface area contributed by atoms with Gasteiger partial charge in [0, 0.05) is 5.56 Å². The molecule has 0 aliphatic carbocycles. The molecule has 6 heteroatoms. The highest BCUT2D eigenvalue weighted by Crippen LogP contribution is 2.34. The SMILES string of the molecule is COC(=O)c1nc(-c2c(Cl)cccc2Cl)ccc1Cl. The fraction of sp³-hybridized carbons (Fsp3) is 0.0769. The van der Waals surface area contributed by atoms with Crippen LogP contribution < -0.4 is 0 Å². The smallest absolute Gasteiger partial charge is 0.358 e. The molecular formula is C13H8Cl3NO2. The average molecular weight is 317 g/mol. The van der Waals surface area contributed by atoms with Gasteiger partial charge in [0.25, 0.3) is 0 Å². The van der Waals surface area contributed by atoms with Crippen molar-refractivity contribution in [1.82, 2.24) is 4.98 Å². The molecule has 0 radical (unpaired) electrons. The van der Waals surface area contributed by atoms with Crippen molar-refractivity contribution in [3.8, 4) is 11.3 Å². The van der Waals surface area contributed by atoms with E-state index in [1.54, 1.807) is 30.3 Å². The predicted molar refractivity (Wildman–Crippen MR) is 76.0 cm³/mol. The lowest BCUT2D eigenvalue weighted by molar-refractivity contribution is 0.0594. The first kappa shape index (κ1) is 14.1. The van der Waals surface area contributed by atoms with Crippen molar-refractivity contribution in [2.24, 2.45) is 0 Å². The van der Waals surface area contributed by atoms with E-state index in [1.165, 1.54) is 7.11 Å². The quantitative estimate of drug-likeness (QED) is 0.766. The Hall–Kier alpha value is -1.29. The second-order valence-electron chi connectivity index (χ2n) is 3.62. The van der Waals surface area contributed by atoms with Gasteiger partial charge in [-0.05, 0) is 24.3 Å². The topological polar surface area (TPSA) is 39.2 Å². The van der Waals surface area contributed by atoms with Crippen LogP contribution in [0.2, 0.25) is 15.1 Å². The Labute approximate surface area is 125 Å². The molecule has 3 nitrogen and oxygen atoms in total. The standard InChI is InChI=1S/C13H8Cl3NO2/c1-19-13(18)12-9(16)5-6-10(17-12)11-7(14)3-2-4-8(11)15/h2-6H,1H3. The van der Waals surface area contributed by atoms with E-state index in [0.717, 1.165) is 0 Å². The van der Waals surface area contributed by atoms with Gasteiger partial charge in [0.2, 0.25) is 0 Å². The van der Waals surface area contributed by atoms with Gasteiger partial charge < -0.3 is 4.74 Å². The highest BCUT2D eigenvalue weighted by molar-refractivity contribution is 6.39. The Morgan fingerprint density at radius 2 is 1.68 bits per heavy atom. The molecule has 19 heavy (non-hydrogen) atoms. The van der Waals surface area contributed by atoms with Crippen LogP contribution in [0.1, 0.15) is 10.5 Å². The Bertz CT molecular complexity index is 624. The Morgan fingerprint density at radius 3 is 2.26 bits per heavy atom. The molecule has 0 aliphatic heterocycles. The van der Waals surface area contributed by atoms with Crippen molar-refractivity contribution in [2.45, 2.75) is 0 Å². The molecule has 0 aliphatic rings. The third kappa shape index (κ3) is 2.84. The van der Waals surface area contributed by atoms with E-state index in [4.69, 9.17) is 34.8 Å². The number of hydrogen-bond acceptors (Lipinski definition) is 3. The van der Waals surface area contributed by atoms with E-state index in [1.807, 2.05) is 0 Å². The predicted octanol–water partition coefficient (Wildman–Crippen LogP) is 4.50. The molecule has 0 unspecified atom stereocenters. The molecule has 0 bridgehead atoms. The van der Waals surface area contributed by atoms with Crippen molar-refractivity contribution in [3.63, 3.8) is 0 Å². The summed E-state index contributed by atoms with van der Waals surface area (Å²) in [6.07, 6.45) is 0. The summed E-state index contributed by atoms with van der Waals surface area (Å²) in [4.78, 5) is 15.7. The van der Waals surface area contributed by atoms with Gasteiger partial charge in [-0.3, -0.25) is 0 Å². The van der Waals surface area contributed by atoms with E-state index >= 15 is 0 Å². The number of nitrogens with zero attached hydrogens (tertiary/aromatic N) is 1. The van der Waals surface area contributed by atoms with Crippen LogP contribution in [0, 0.1) is 0 Å². The molecule has 0 saturated carbocycles. The van der Waals surface area contributed by atoms with Crippen LogP contribution in [0.5, 0.6) is 0 Å². The first-order valence-corrected chi connectivity index (χ1v) is 6.37. The summed E-state index contributed by atoms with van der Waals surface area (Å²) in [6.45, 7) is 0. The second-order valence-corrected chi connectivity index (χ2v) is 4.84. The van der Waals surface area contributed by atoms with Gasteiger partial charge in [-0.1, -0.05) is 40.9 Å². The minimum atomic E-state index is -0.616. The maximum absolute atomic E-state index is 11.6. The average Bonchev–Trinajstić information content (AvgIpc) is 2.39. The highest BCUT2D eigenvalue weighted by Gasteiger charge is 2.16. The van der Waals surface area contributed by atoms with Gasteiger partial charge in [-0.25, -0.2) is 9.78 Å². The number of carbonyl (C=O) groups excluding carboxylic acids is 1. The Kier molecular flexibility index (Phi) is 4.30. The lowest BCUT2D eigenvalue weighted by atomic mass is 10.1. The number of aromatic nitrogens is 1. The minimum Gasteiger partial charge on any atom is -0.464 e. The number of rotatable bonds is 2. The van der Waals surface area contributed by atoms with E-state index < -0.39 is 5.97 Å². The van der Waals surface area contributed by atoms with Crippen LogP contribution in [0.15, 0.2) is 30.3 Å². The Balaban J connectivity index is 2.61. The van der Waals surface area contributed by atoms with Gasteiger partial charge in [-0.2, -0.15) is 0 Å². The zero-order valence-corrected chi connectivity index (χ0v) is 12.1. The Morgan fingerprint density at radius 1 is 1.05 bits per heavy atom. The van der Waals surface area contributed by atoms with E-state index in [0.29, 0.717) is 21.3 Å². The number of pyridine rings is 1. The van der Waals surface area contributed by atoms with Crippen LogP contribution >= 0.6 is 34.8 Å². The molecule has 0 N–H and O–H groups in total. The van der Waals surface area contributed by atoms with Crippen LogP contribution in [0.25, 0.3) is 11.3 Å². The van der Waals surface area contributed by atoms with Crippen molar-refractivity contribution in [2.75, 3.05) is 7.11 Å². The van der Waals surface area contributed by atoms with Gasteiger partial charge in [0.05, 0.1) is 27.9 Å². The molecule has 1 aromatic carbocycles. The van der Waals surface area contributed by atoms with Crippen LogP contribution in [0.3, 0.4) is 0 Å². The van der Waals surface area contributed by atoms with Crippen molar-refractivity contribution >= 4 is 40.8 Å². The maximum atomic E-state index is 11.6. The maximum Gasteiger partial charge on any atom is 0.358 e. The molecule has 0 saturated heterocycles. The summed E-state index contributed by atoms with van der Waals surface area (Å²) in [7, 11) is 1.26. The number of carbonyl (C=O) groups is 1. The van der Waals surface area contributed by atoms with Crippen molar-refractivity contribution in [3.05, 3.63) is 51.1 Å². The molecular weight excluding hydrogens is 309 g/mol. The lowest BCUT2D eigenvalue weighted by Gasteiger charge is -2.08. The summed E-state index contributed by atoms with van der Waals surface area (Å²) >= 11 is 18.1. The number of methoxy groups -OCH3 is 1. The van der Waals surface area contributed by atoms with E-state index in [-0.39, 0.29) is 10.7 Å². The van der Waals surface area contributed by atoms with Crippen LogP contribution in [-0.4, -0.2) is 18.1 Å². The zero-order valence-electron chi connectivity index (χ0n) is 9.78. The van der Waals surface area contributed by atoms with Crippen LogP contribution in [0.4, 0.5) is 0 Å². The summed E-state index contributed by atoms with van der Waals surface area (Å²) in [5.41, 5.74) is 1.03. The third-order valence-electron chi connectivity index (χ3n) is 2.44. The molecule has 0 spiro atoms. The molecule has 0 atom stereocenters. The molecule has 1 heterocycles.